The Hall–Kier alpha value is -2.36. The van der Waals surface area contributed by atoms with Crippen molar-refractivity contribution in [1.82, 2.24) is 4.98 Å². The highest BCUT2D eigenvalue weighted by molar-refractivity contribution is 6.43. The van der Waals surface area contributed by atoms with Crippen molar-refractivity contribution in [1.29, 1.82) is 0 Å². The van der Waals surface area contributed by atoms with Crippen molar-refractivity contribution in [3.05, 3.63) is 48.2 Å². The molecule has 92 valence electrons. The van der Waals surface area contributed by atoms with E-state index in [0.717, 1.165) is 10.9 Å². The van der Waals surface area contributed by atoms with Crippen LogP contribution in [0.25, 0.3) is 10.9 Å². The molecule has 4 heteroatoms. The van der Waals surface area contributed by atoms with Gasteiger partial charge in [-0.25, -0.2) is 4.79 Å². The molecule has 0 radical (unpaired) electrons. The maximum absolute atomic E-state index is 11.9. The number of esters is 1. The van der Waals surface area contributed by atoms with Crippen LogP contribution < -0.4 is 0 Å². The monoisotopic (exact) mass is 243 g/mol. The number of H-pyrrole nitrogens is 1. The fourth-order valence-electron chi connectivity index (χ4n) is 1.62. The molecule has 0 unspecified atom stereocenters. The summed E-state index contributed by atoms with van der Waals surface area (Å²) >= 11 is 0. The molecule has 1 aromatic heterocycles. The van der Waals surface area contributed by atoms with E-state index in [1.807, 2.05) is 18.2 Å². The molecular weight excluding hydrogens is 230 g/mol. The predicted molar refractivity (Wildman–Crippen MR) is 68.4 cm³/mol. The summed E-state index contributed by atoms with van der Waals surface area (Å²) in [5, 5.41) is 0.717. The molecule has 0 fully saturated rings. The molecule has 0 aliphatic heterocycles. The Morgan fingerprint density at radius 1 is 1.33 bits per heavy atom. The van der Waals surface area contributed by atoms with Crippen LogP contribution in [0, 0.1) is 0 Å². The first-order valence-corrected chi connectivity index (χ1v) is 5.51. The van der Waals surface area contributed by atoms with Crippen LogP contribution in [0.5, 0.6) is 0 Å². The number of ketones is 1. The van der Waals surface area contributed by atoms with Crippen molar-refractivity contribution in [3.8, 4) is 0 Å². The van der Waals surface area contributed by atoms with Crippen molar-refractivity contribution in [2.75, 3.05) is 6.61 Å². The number of hydrogen-bond donors (Lipinski definition) is 1. The van der Waals surface area contributed by atoms with Gasteiger partial charge < -0.3 is 9.72 Å². The summed E-state index contributed by atoms with van der Waals surface area (Å²) < 4.78 is 4.84. The Morgan fingerprint density at radius 2 is 2.06 bits per heavy atom. The molecule has 0 bridgehead atoms. The standard InChI is InChI=1S/C14H13NO3/c1-9(2)8-18-14(17)13(16)11-7-15-12-6-4-3-5-10(11)12/h3-7,15H,1,8H2,2H3. The summed E-state index contributed by atoms with van der Waals surface area (Å²) in [5.41, 5.74) is 1.83. The summed E-state index contributed by atoms with van der Waals surface area (Å²) in [5.74, 6) is -1.50. The number of benzene rings is 1. The Labute approximate surface area is 104 Å². The van der Waals surface area contributed by atoms with Crippen LogP contribution in [0.15, 0.2) is 42.6 Å². The van der Waals surface area contributed by atoms with Gasteiger partial charge in [0.1, 0.15) is 6.61 Å². The lowest BCUT2D eigenvalue weighted by Gasteiger charge is -2.02. The van der Waals surface area contributed by atoms with Crippen LogP contribution in [0.4, 0.5) is 0 Å². The van der Waals surface area contributed by atoms with Gasteiger partial charge in [-0.1, -0.05) is 24.8 Å². The van der Waals surface area contributed by atoms with Crippen molar-refractivity contribution in [3.63, 3.8) is 0 Å². The van der Waals surface area contributed by atoms with Crippen molar-refractivity contribution in [2.24, 2.45) is 0 Å². The van der Waals surface area contributed by atoms with Gasteiger partial charge in [-0.3, -0.25) is 4.79 Å². The molecule has 4 nitrogen and oxygen atoms in total. The second-order valence-corrected chi connectivity index (χ2v) is 4.11. The number of Topliss-reactive ketones (excluding diaryl/α,β-unsaturated/α-hetero) is 1. The third-order valence-electron chi connectivity index (χ3n) is 2.47. The normalized spacial score (nSPS) is 10.3. The number of ether oxygens (including phenoxy) is 1. The van der Waals surface area contributed by atoms with Crippen LogP contribution in [-0.2, 0) is 9.53 Å². The van der Waals surface area contributed by atoms with E-state index in [1.165, 1.54) is 6.20 Å². The zero-order valence-corrected chi connectivity index (χ0v) is 10.0. The van der Waals surface area contributed by atoms with Crippen LogP contribution in [-0.4, -0.2) is 23.3 Å². The highest BCUT2D eigenvalue weighted by Gasteiger charge is 2.21. The molecule has 2 aromatic rings. The largest absolute Gasteiger partial charge is 0.455 e. The van der Waals surface area contributed by atoms with Crippen LogP contribution in [0.2, 0.25) is 0 Å². The number of nitrogens with one attached hydrogen (secondary N) is 1. The van der Waals surface area contributed by atoms with Crippen LogP contribution >= 0.6 is 0 Å². The lowest BCUT2D eigenvalue weighted by molar-refractivity contribution is -0.137. The summed E-state index contributed by atoms with van der Waals surface area (Å²) in [6, 6.07) is 7.29. The highest BCUT2D eigenvalue weighted by atomic mass is 16.5. The number of aromatic amines is 1. The number of rotatable bonds is 4. The number of fused-ring (bicyclic) bond motifs is 1. The maximum Gasteiger partial charge on any atom is 0.380 e. The minimum Gasteiger partial charge on any atom is -0.455 e. The van der Waals surface area contributed by atoms with Gasteiger partial charge in [0.2, 0.25) is 0 Å². The number of carbonyl (C=O) groups is 2. The summed E-state index contributed by atoms with van der Waals surface area (Å²) in [7, 11) is 0. The fourth-order valence-corrected chi connectivity index (χ4v) is 1.62. The SMILES string of the molecule is C=C(C)COC(=O)C(=O)c1c[nH]c2ccccc12. The number of aromatic nitrogens is 1. The quantitative estimate of drug-likeness (QED) is 0.388. The average Bonchev–Trinajstić information content (AvgIpc) is 2.78. The molecule has 0 saturated carbocycles. The molecule has 1 N–H and O–H groups in total. The molecule has 0 amide bonds. The molecule has 2 rings (SSSR count). The molecule has 0 spiro atoms. The minimum atomic E-state index is -0.859. The fraction of sp³-hybridized carbons (Fsp3) is 0.143. The lowest BCUT2D eigenvalue weighted by Crippen LogP contribution is -2.18. The Balaban J connectivity index is 2.23. The molecule has 0 aliphatic carbocycles. The third kappa shape index (κ3) is 2.32. The third-order valence-corrected chi connectivity index (χ3v) is 2.47. The van der Waals surface area contributed by atoms with Gasteiger partial charge in [0.05, 0.1) is 5.56 Å². The van der Waals surface area contributed by atoms with Gasteiger partial charge in [-0.05, 0) is 18.6 Å². The van der Waals surface area contributed by atoms with E-state index < -0.39 is 11.8 Å². The van der Waals surface area contributed by atoms with Crippen LogP contribution in [0.3, 0.4) is 0 Å². The van der Waals surface area contributed by atoms with Gasteiger partial charge in [0, 0.05) is 17.1 Å². The maximum atomic E-state index is 11.9. The van der Waals surface area contributed by atoms with E-state index in [1.54, 1.807) is 13.0 Å². The predicted octanol–water partition coefficient (Wildman–Crippen LogP) is 2.47. The van der Waals surface area contributed by atoms with Crippen molar-refractivity contribution < 1.29 is 14.3 Å². The van der Waals surface area contributed by atoms with E-state index in [2.05, 4.69) is 11.6 Å². The van der Waals surface area contributed by atoms with Gasteiger partial charge in [-0.2, -0.15) is 0 Å². The Kier molecular flexibility index (Phi) is 3.28. The number of carbonyl (C=O) groups excluding carboxylic acids is 2. The molecule has 18 heavy (non-hydrogen) atoms. The molecule has 1 heterocycles. The topological polar surface area (TPSA) is 59.2 Å². The zero-order chi connectivity index (χ0) is 13.1. The molecule has 0 aliphatic rings. The second kappa shape index (κ2) is 4.87. The molecule has 0 saturated heterocycles. The van der Waals surface area contributed by atoms with Gasteiger partial charge in [-0.15, -0.1) is 0 Å². The average molecular weight is 243 g/mol. The first-order valence-electron chi connectivity index (χ1n) is 5.51. The lowest BCUT2D eigenvalue weighted by atomic mass is 10.1. The number of para-hydroxylation sites is 1. The van der Waals surface area contributed by atoms with E-state index in [9.17, 15) is 9.59 Å². The number of hydrogen-bond acceptors (Lipinski definition) is 3. The Bertz CT molecular complexity index is 625. The van der Waals surface area contributed by atoms with E-state index in [4.69, 9.17) is 4.74 Å². The highest BCUT2D eigenvalue weighted by Crippen LogP contribution is 2.18. The summed E-state index contributed by atoms with van der Waals surface area (Å²) in [4.78, 5) is 26.4. The first-order chi connectivity index (χ1) is 8.59. The van der Waals surface area contributed by atoms with Crippen molar-refractivity contribution >= 4 is 22.7 Å². The van der Waals surface area contributed by atoms with E-state index in [0.29, 0.717) is 11.1 Å². The summed E-state index contributed by atoms with van der Waals surface area (Å²) in [6.45, 7) is 5.39. The van der Waals surface area contributed by atoms with Gasteiger partial charge in [0.25, 0.3) is 5.78 Å². The zero-order valence-electron chi connectivity index (χ0n) is 10.0. The van der Waals surface area contributed by atoms with Gasteiger partial charge in [0.15, 0.2) is 0 Å². The summed E-state index contributed by atoms with van der Waals surface area (Å²) in [6.07, 6.45) is 1.52. The first kappa shape index (κ1) is 12.1. The van der Waals surface area contributed by atoms with E-state index >= 15 is 0 Å². The Morgan fingerprint density at radius 3 is 2.78 bits per heavy atom. The minimum absolute atomic E-state index is 0.0624. The molecular formula is C14H13NO3. The second-order valence-electron chi connectivity index (χ2n) is 4.11. The van der Waals surface area contributed by atoms with E-state index in [-0.39, 0.29) is 6.61 Å². The molecule has 0 atom stereocenters. The smallest absolute Gasteiger partial charge is 0.380 e. The van der Waals surface area contributed by atoms with Crippen molar-refractivity contribution in [2.45, 2.75) is 6.92 Å². The van der Waals surface area contributed by atoms with Gasteiger partial charge >= 0.3 is 5.97 Å². The van der Waals surface area contributed by atoms with Crippen LogP contribution in [0.1, 0.15) is 17.3 Å². The molecule has 1 aromatic carbocycles.